The van der Waals surface area contributed by atoms with Crippen LogP contribution in [-0.2, 0) is 4.79 Å². The number of likely N-dealkylation sites (N-methyl/N-ethyl adjacent to an activating group) is 1. The van der Waals surface area contributed by atoms with E-state index in [-0.39, 0.29) is 25.0 Å². The van der Waals surface area contributed by atoms with Gasteiger partial charge in [0.05, 0.1) is 6.42 Å². The third-order valence-corrected chi connectivity index (χ3v) is 3.28. The van der Waals surface area contributed by atoms with Crippen LogP contribution in [0.25, 0.3) is 0 Å². The highest BCUT2D eigenvalue weighted by atomic mass is 16.4. The number of nitrogens with zero attached hydrogens (tertiary/aromatic N) is 2. The van der Waals surface area contributed by atoms with E-state index >= 15 is 0 Å². The molecule has 0 aromatic carbocycles. The number of nitrogens with one attached hydrogen (secondary N) is 1. The van der Waals surface area contributed by atoms with Crippen LogP contribution < -0.4 is 5.32 Å². The normalized spacial score (nSPS) is 13.4. The van der Waals surface area contributed by atoms with Gasteiger partial charge in [-0.2, -0.15) is 0 Å². The Hall–Kier alpha value is -1.30. The predicted octanol–water partition coefficient (Wildman–Crippen LogP) is 1.86. The molecule has 0 spiro atoms. The maximum atomic E-state index is 12.5. The minimum absolute atomic E-state index is 0.0298. The molecule has 1 unspecified atom stereocenters. The molecule has 2 amide bonds. The van der Waals surface area contributed by atoms with E-state index in [1.807, 2.05) is 39.8 Å². The van der Waals surface area contributed by atoms with Gasteiger partial charge in [-0.15, -0.1) is 0 Å². The lowest BCUT2D eigenvalue weighted by Gasteiger charge is -2.37. The van der Waals surface area contributed by atoms with Gasteiger partial charge in [0.1, 0.15) is 0 Å². The van der Waals surface area contributed by atoms with Crippen LogP contribution in [0.15, 0.2) is 0 Å². The highest BCUT2D eigenvalue weighted by Crippen LogP contribution is 2.15. The van der Waals surface area contributed by atoms with Crippen molar-refractivity contribution in [2.24, 2.45) is 5.92 Å². The number of hydrogen-bond donors (Lipinski definition) is 2. The number of urea groups is 1. The number of carboxylic acids is 1. The maximum Gasteiger partial charge on any atom is 0.318 e. The van der Waals surface area contributed by atoms with Crippen molar-refractivity contribution in [3.8, 4) is 0 Å². The summed E-state index contributed by atoms with van der Waals surface area (Å²) >= 11 is 0. The number of rotatable bonds is 7. The summed E-state index contributed by atoms with van der Waals surface area (Å²) in [4.78, 5) is 26.9. The first kappa shape index (κ1) is 19.7. The number of carboxylic acid groups (broad SMARTS) is 1. The van der Waals surface area contributed by atoms with Crippen molar-refractivity contribution < 1.29 is 14.7 Å². The average Bonchev–Trinajstić information content (AvgIpc) is 2.24. The molecule has 1 atom stereocenters. The third kappa shape index (κ3) is 7.90. The Labute approximate surface area is 128 Å². The minimum atomic E-state index is -0.897. The molecule has 0 bridgehead atoms. The van der Waals surface area contributed by atoms with E-state index in [0.29, 0.717) is 5.92 Å². The topological polar surface area (TPSA) is 72.9 Å². The standard InChI is InChI=1S/C15H31N3O3/c1-11(2)12(10-17(6)7)16-14(21)18(15(3,4)5)9-8-13(19)20/h11-12H,8-10H2,1-7H3,(H,16,21)(H,19,20). The molecule has 124 valence electrons. The molecule has 0 aliphatic rings. The van der Waals surface area contributed by atoms with Crippen molar-refractivity contribution >= 4 is 12.0 Å². The monoisotopic (exact) mass is 301 g/mol. The second-order valence-corrected chi connectivity index (χ2v) is 7.03. The van der Waals surface area contributed by atoms with Crippen LogP contribution in [0.4, 0.5) is 4.79 Å². The van der Waals surface area contributed by atoms with Crippen molar-refractivity contribution in [1.29, 1.82) is 0 Å². The van der Waals surface area contributed by atoms with Crippen molar-refractivity contribution in [3.63, 3.8) is 0 Å². The van der Waals surface area contributed by atoms with Crippen LogP contribution >= 0.6 is 0 Å². The summed E-state index contributed by atoms with van der Waals surface area (Å²) in [7, 11) is 3.93. The van der Waals surface area contributed by atoms with Gasteiger partial charge in [0.2, 0.25) is 0 Å². The summed E-state index contributed by atoms with van der Waals surface area (Å²) in [6, 6.07) is -0.175. The molecule has 0 aliphatic heterocycles. The number of amides is 2. The molecule has 0 rings (SSSR count). The maximum absolute atomic E-state index is 12.5. The summed E-state index contributed by atoms with van der Waals surface area (Å²) < 4.78 is 0. The minimum Gasteiger partial charge on any atom is -0.481 e. The summed E-state index contributed by atoms with van der Waals surface area (Å²) in [5.74, 6) is -0.594. The van der Waals surface area contributed by atoms with Gasteiger partial charge in [-0.25, -0.2) is 4.79 Å². The lowest BCUT2D eigenvalue weighted by atomic mass is 10.0. The molecule has 0 heterocycles. The van der Waals surface area contributed by atoms with Gasteiger partial charge < -0.3 is 20.2 Å². The SMILES string of the molecule is CC(C)C(CN(C)C)NC(=O)N(CCC(=O)O)C(C)(C)C. The van der Waals surface area contributed by atoms with Crippen LogP contribution in [0.5, 0.6) is 0 Å². The van der Waals surface area contributed by atoms with Crippen LogP contribution in [0.3, 0.4) is 0 Å². The van der Waals surface area contributed by atoms with E-state index < -0.39 is 11.5 Å². The van der Waals surface area contributed by atoms with Crippen molar-refractivity contribution in [2.75, 3.05) is 27.2 Å². The Morgan fingerprint density at radius 3 is 2.05 bits per heavy atom. The van der Waals surface area contributed by atoms with E-state index in [1.165, 1.54) is 0 Å². The zero-order chi connectivity index (χ0) is 16.8. The van der Waals surface area contributed by atoms with Gasteiger partial charge in [0, 0.05) is 24.7 Å². The fourth-order valence-corrected chi connectivity index (χ4v) is 2.00. The molecule has 0 saturated heterocycles. The van der Waals surface area contributed by atoms with Gasteiger partial charge in [-0.3, -0.25) is 4.79 Å². The molecule has 0 aromatic rings. The zero-order valence-electron chi connectivity index (χ0n) is 14.4. The Morgan fingerprint density at radius 1 is 1.19 bits per heavy atom. The summed E-state index contributed by atoms with van der Waals surface area (Å²) in [5, 5.41) is 11.9. The highest BCUT2D eigenvalue weighted by molar-refractivity contribution is 5.76. The first-order valence-electron chi connectivity index (χ1n) is 7.39. The van der Waals surface area contributed by atoms with E-state index in [1.54, 1.807) is 4.90 Å². The fourth-order valence-electron chi connectivity index (χ4n) is 2.00. The van der Waals surface area contributed by atoms with E-state index in [2.05, 4.69) is 19.2 Å². The molecule has 0 saturated carbocycles. The summed E-state index contributed by atoms with van der Waals surface area (Å²) in [6.07, 6.45) is -0.0509. The van der Waals surface area contributed by atoms with Gasteiger partial charge in [0.15, 0.2) is 0 Å². The van der Waals surface area contributed by atoms with E-state index in [4.69, 9.17) is 5.11 Å². The molecular formula is C15H31N3O3. The second-order valence-electron chi connectivity index (χ2n) is 7.03. The first-order valence-corrected chi connectivity index (χ1v) is 7.39. The van der Waals surface area contributed by atoms with Crippen LogP contribution in [-0.4, -0.2) is 65.7 Å². The molecule has 21 heavy (non-hydrogen) atoms. The molecule has 0 fully saturated rings. The molecule has 0 aliphatic carbocycles. The lowest BCUT2D eigenvalue weighted by Crippen LogP contribution is -2.55. The van der Waals surface area contributed by atoms with Gasteiger partial charge in [-0.05, 0) is 40.8 Å². The molecule has 0 aromatic heterocycles. The largest absolute Gasteiger partial charge is 0.481 e. The van der Waals surface area contributed by atoms with Crippen LogP contribution in [0.2, 0.25) is 0 Å². The Bertz CT molecular complexity index is 349. The molecule has 0 radical (unpaired) electrons. The van der Waals surface area contributed by atoms with Gasteiger partial charge in [0.25, 0.3) is 0 Å². The van der Waals surface area contributed by atoms with Crippen molar-refractivity contribution in [1.82, 2.24) is 15.1 Å². The molecule has 2 N–H and O–H groups in total. The number of aliphatic carboxylic acids is 1. The quantitative estimate of drug-likeness (QED) is 0.753. The molecule has 6 nitrogen and oxygen atoms in total. The smallest absolute Gasteiger partial charge is 0.318 e. The van der Waals surface area contributed by atoms with Gasteiger partial charge in [-0.1, -0.05) is 13.8 Å². The molecule has 6 heteroatoms. The Morgan fingerprint density at radius 2 is 1.71 bits per heavy atom. The Balaban J connectivity index is 4.89. The van der Waals surface area contributed by atoms with Crippen LogP contribution in [0, 0.1) is 5.92 Å². The second kappa shape index (κ2) is 8.22. The van der Waals surface area contributed by atoms with E-state index in [0.717, 1.165) is 6.54 Å². The number of hydrogen-bond acceptors (Lipinski definition) is 3. The zero-order valence-corrected chi connectivity index (χ0v) is 14.4. The highest BCUT2D eigenvalue weighted by Gasteiger charge is 2.29. The van der Waals surface area contributed by atoms with Crippen molar-refractivity contribution in [3.05, 3.63) is 0 Å². The average molecular weight is 301 g/mol. The summed E-state index contributed by atoms with van der Waals surface area (Å²) in [6.45, 7) is 10.8. The predicted molar refractivity (Wildman–Crippen MR) is 84.4 cm³/mol. The van der Waals surface area contributed by atoms with Crippen molar-refractivity contribution in [2.45, 2.75) is 52.6 Å². The first-order chi connectivity index (χ1) is 9.45. The number of carbonyl (C=O) groups is 2. The number of carbonyl (C=O) groups excluding carboxylic acids is 1. The van der Waals surface area contributed by atoms with Gasteiger partial charge >= 0.3 is 12.0 Å². The lowest BCUT2D eigenvalue weighted by molar-refractivity contribution is -0.137. The fraction of sp³-hybridized carbons (Fsp3) is 0.867. The third-order valence-electron chi connectivity index (χ3n) is 3.28. The Kier molecular flexibility index (Phi) is 7.71. The van der Waals surface area contributed by atoms with Crippen LogP contribution in [0.1, 0.15) is 41.0 Å². The van der Waals surface area contributed by atoms with E-state index in [9.17, 15) is 9.59 Å². The summed E-state index contributed by atoms with van der Waals surface area (Å²) in [5.41, 5.74) is -0.417. The molecular weight excluding hydrogens is 270 g/mol.